The molecule has 0 aliphatic carbocycles. The SMILES string of the molecule is CC.CSc1cc(C(C)(C)O)ccc1C(N)=O. The van der Waals surface area contributed by atoms with Crippen molar-refractivity contribution >= 4 is 17.7 Å². The van der Waals surface area contributed by atoms with E-state index in [2.05, 4.69) is 0 Å². The number of amides is 1. The van der Waals surface area contributed by atoms with E-state index in [1.807, 2.05) is 20.1 Å². The lowest BCUT2D eigenvalue weighted by Gasteiger charge is -2.19. The van der Waals surface area contributed by atoms with Crippen molar-refractivity contribution in [1.82, 2.24) is 0 Å². The molecule has 0 saturated heterocycles. The van der Waals surface area contributed by atoms with Gasteiger partial charge in [0.1, 0.15) is 0 Å². The average Bonchev–Trinajstić information content (AvgIpc) is 2.29. The number of benzene rings is 1. The molecule has 0 radical (unpaired) electrons. The van der Waals surface area contributed by atoms with Gasteiger partial charge in [-0.15, -0.1) is 11.8 Å². The quantitative estimate of drug-likeness (QED) is 0.816. The predicted molar refractivity (Wildman–Crippen MR) is 73.3 cm³/mol. The van der Waals surface area contributed by atoms with Gasteiger partial charge in [-0.2, -0.15) is 0 Å². The van der Waals surface area contributed by atoms with Crippen molar-refractivity contribution in [3.63, 3.8) is 0 Å². The van der Waals surface area contributed by atoms with Gasteiger partial charge in [-0.1, -0.05) is 19.9 Å². The Labute approximate surface area is 107 Å². The summed E-state index contributed by atoms with van der Waals surface area (Å²) in [6.07, 6.45) is 1.87. The summed E-state index contributed by atoms with van der Waals surface area (Å²) < 4.78 is 0. The van der Waals surface area contributed by atoms with Gasteiger partial charge < -0.3 is 10.8 Å². The van der Waals surface area contributed by atoms with E-state index < -0.39 is 11.5 Å². The minimum Gasteiger partial charge on any atom is -0.386 e. The Hall–Kier alpha value is -1.00. The zero-order chi connectivity index (χ0) is 13.6. The number of primary amides is 1. The molecule has 1 aromatic rings. The van der Waals surface area contributed by atoms with Gasteiger partial charge >= 0.3 is 0 Å². The number of hydrogen-bond acceptors (Lipinski definition) is 3. The van der Waals surface area contributed by atoms with Crippen molar-refractivity contribution in [2.75, 3.05) is 6.26 Å². The van der Waals surface area contributed by atoms with Crippen LogP contribution >= 0.6 is 11.8 Å². The third-order valence-corrected chi connectivity index (χ3v) is 2.95. The summed E-state index contributed by atoms with van der Waals surface area (Å²) in [6.45, 7) is 7.41. The van der Waals surface area contributed by atoms with Gasteiger partial charge in [-0.3, -0.25) is 4.79 Å². The van der Waals surface area contributed by atoms with E-state index in [0.717, 1.165) is 10.5 Å². The lowest BCUT2D eigenvalue weighted by Crippen LogP contribution is -2.17. The van der Waals surface area contributed by atoms with E-state index in [1.54, 1.807) is 32.0 Å². The molecule has 0 spiro atoms. The van der Waals surface area contributed by atoms with Crippen LogP contribution in [0.3, 0.4) is 0 Å². The lowest BCUT2D eigenvalue weighted by molar-refractivity contribution is 0.0782. The van der Waals surface area contributed by atoms with Crippen molar-refractivity contribution < 1.29 is 9.90 Å². The molecule has 1 amide bonds. The van der Waals surface area contributed by atoms with E-state index in [1.165, 1.54) is 11.8 Å². The Morgan fingerprint density at radius 1 is 1.35 bits per heavy atom. The highest BCUT2D eigenvalue weighted by Crippen LogP contribution is 2.27. The van der Waals surface area contributed by atoms with Crippen molar-refractivity contribution in [2.45, 2.75) is 38.2 Å². The van der Waals surface area contributed by atoms with Gasteiger partial charge in [0.2, 0.25) is 5.91 Å². The third-order valence-electron chi connectivity index (χ3n) is 2.17. The van der Waals surface area contributed by atoms with Crippen molar-refractivity contribution in [1.29, 1.82) is 0 Å². The zero-order valence-electron chi connectivity index (χ0n) is 11.1. The van der Waals surface area contributed by atoms with Crippen LogP contribution < -0.4 is 5.73 Å². The molecule has 1 aromatic carbocycles. The first kappa shape index (κ1) is 16.0. The first-order valence-electron chi connectivity index (χ1n) is 5.57. The van der Waals surface area contributed by atoms with E-state index in [-0.39, 0.29) is 0 Å². The highest BCUT2D eigenvalue weighted by molar-refractivity contribution is 7.98. The minimum atomic E-state index is -0.902. The number of aliphatic hydroxyl groups is 1. The second kappa shape index (κ2) is 6.67. The molecule has 0 fully saturated rings. The van der Waals surface area contributed by atoms with Gasteiger partial charge in [-0.25, -0.2) is 0 Å². The van der Waals surface area contributed by atoms with Crippen LogP contribution in [0.4, 0.5) is 0 Å². The topological polar surface area (TPSA) is 63.3 Å². The number of thioether (sulfide) groups is 1. The first-order chi connectivity index (χ1) is 7.86. The predicted octanol–water partition coefficient (Wildman–Crippen LogP) is 2.76. The Morgan fingerprint density at radius 3 is 2.24 bits per heavy atom. The maximum absolute atomic E-state index is 11.1. The Bertz CT molecular complexity index is 383. The fourth-order valence-corrected chi connectivity index (χ4v) is 1.91. The largest absolute Gasteiger partial charge is 0.386 e. The van der Waals surface area contributed by atoms with E-state index >= 15 is 0 Å². The van der Waals surface area contributed by atoms with Crippen molar-refractivity contribution in [3.8, 4) is 0 Å². The van der Waals surface area contributed by atoms with Crippen molar-refractivity contribution in [2.24, 2.45) is 5.73 Å². The van der Waals surface area contributed by atoms with Crippen LogP contribution in [0.2, 0.25) is 0 Å². The van der Waals surface area contributed by atoms with E-state index in [4.69, 9.17) is 5.73 Å². The highest BCUT2D eigenvalue weighted by Gasteiger charge is 2.18. The van der Waals surface area contributed by atoms with Crippen LogP contribution in [0.5, 0.6) is 0 Å². The van der Waals surface area contributed by atoms with Gasteiger partial charge in [0.05, 0.1) is 11.2 Å². The van der Waals surface area contributed by atoms with Crippen LogP contribution in [0, 0.1) is 0 Å². The van der Waals surface area contributed by atoms with Crippen LogP contribution in [0.1, 0.15) is 43.6 Å². The monoisotopic (exact) mass is 255 g/mol. The lowest BCUT2D eigenvalue weighted by atomic mass is 9.97. The molecule has 3 nitrogen and oxygen atoms in total. The molecule has 0 unspecified atom stereocenters. The molecule has 0 atom stereocenters. The summed E-state index contributed by atoms with van der Waals surface area (Å²) >= 11 is 1.44. The zero-order valence-corrected chi connectivity index (χ0v) is 11.9. The van der Waals surface area contributed by atoms with Crippen molar-refractivity contribution in [3.05, 3.63) is 29.3 Å². The number of nitrogens with two attached hydrogens (primary N) is 1. The summed E-state index contributed by atoms with van der Waals surface area (Å²) in [7, 11) is 0. The standard InChI is InChI=1S/C11H15NO2S.C2H6/c1-11(2,14)7-4-5-8(10(12)13)9(6-7)15-3;1-2/h4-6,14H,1-3H3,(H2,12,13);1-2H3. The van der Waals surface area contributed by atoms with Gasteiger partial charge in [0.15, 0.2) is 0 Å². The van der Waals surface area contributed by atoms with Crippen LogP contribution in [0.25, 0.3) is 0 Å². The Morgan fingerprint density at radius 2 is 1.88 bits per heavy atom. The summed E-state index contributed by atoms with van der Waals surface area (Å²) in [4.78, 5) is 11.9. The second-order valence-electron chi connectivity index (χ2n) is 3.84. The fraction of sp³-hybridized carbons (Fsp3) is 0.462. The summed E-state index contributed by atoms with van der Waals surface area (Å²) in [6, 6.07) is 5.17. The van der Waals surface area contributed by atoms with Crippen LogP contribution in [-0.4, -0.2) is 17.3 Å². The minimum absolute atomic E-state index is 0.443. The Balaban J connectivity index is 0.00000121. The molecule has 96 valence electrons. The average molecular weight is 255 g/mol. The van der Waals surface area contributed by atoms with E-state index in [9.17, 15) is 9.90 Å². The Kier molecular flexibility index (Phi) is 6.27. The van der Waals surface area contributed by atoms with Crippen LogP contribution in [0.15, 0.2) is 23.1 Å². The molecule has 0 heterocycles. The van der Waals surface area contributed by atoms with E-state index in [0.29, 0.717) is 5.56 Å². The molecule has 0 aliphatic rings. The molecule has 0 bridgehead atoms. The van der Waals surface area contributed by atoms with Gasteiger partial charge in [0, 0.05) is 4.90 Å². The molecule has 3 N–H and O–H groups in total. The van der Waals surface area contributed by atoms with Gasteiger partial charge in [-0.05, 0) is 37.8 Å². The number of hydrogen-bond donors (Lipinski definition) is 2. The highest BCUT2D eigenvalue weighted by atomic mass is 32.2. The first-order valence-corrected chi connectivity index (χ1v) is 6.79. The molecular formula is C13H21NO2S. The maximum Gasteiger partial charge on any atom is 0.249 e. The summed E-state index contributed by atoms with van der Waals surface area (Å²) in [5.74, 6) is -0.443. The number of carbonyl (C=O) groups excluding carboxylic acids is 1. The number of rotatable bonds is 3. The molecule has 0 aromatic heterocycles. The van der Waals surface area contributed by atoms with Crippen LogP contribution in [-0.2, 0) is 5.60 Å². The maximum atomic E-state index is 11.1. The molecular weight excluding hydrogens is 234 g/mol. The molecule has 0 saturated carbocycles. The van der Waals surface area contributed by atoms with Gasteiger partial charge in [0.25, 0.3) is 0 Å². The normalized spacial score (nSPS) is 10.5. The smallest absolute Gasteiger partial charge is 0.249 e. The molecule has 0 aliphatic heterocycles. The summed E-state index contributed by atoms with van der Waals surface area (Å²) in [5, 5.41) is 9.81. The summed E-state index contributed by atoms with van der Waals surface area (Å²) in [5.41, 5.74) is 5.60. The second-order valence-corrected chi connectivity index (χ2v) is 4.69. The molecule has 4 heteroatoms. The third kappa shape index (κ3) is 4.40. The molecule has 1 rings (SSSR count). The molecule has 17 heavy (non-hydrogen) atoms. The fourth-order valence-electron chi connectivity index (χ4n) is 1.28. The number of carbonyl (C=O) groups is 1.